The molecule has 0 unspecified atom stereocenters. The van der Waals surface area contributed by atoms with Crippen molar-refractivity contribution in [3.63, 3.8) is 0 Å². The van der Waals surface area contributed by atoms with Crippen LogP contribution in [0.4, 0.5) is 5.69 Å². The third kappa shape index (κ3) is 3.31. The zero-order chi connectivity index (χ0) is 18.9. The molecule has 2 aliphatic rings. The van der Waals surface area contributed by atoms with Crippen molar-refractivity contribution in [2.75, 3.05) is 31.5 Å². The fourth-order valence-electron chi connectivity index (χ4n) is 3.88. The van der Waals surface area contributed by atoms with Gasteiger partial charge in [-0.2, -0.15) is 0 Å². The first-order valence-corrected chi connectivity index (χ1v) is 9.55. The number of hydrogen-bond acceptors (Lipinski definition) is 4. The number of para-hydroxylation sites is 1. The Labute approximate surface area is 159 Å². The summed E-state index contributed by atoms with van der Waals surface area (Å²) in [4.78, 5) is 29.7. The van der Waals surface area contributed by atoms with Crippen LogP contribution in [0.15, 0.2) is 47.1 Å². The number of aryl methyl sites for hydroxylation is 1. The van der Waals surface area contributed by atoms with Crippen LogP contribution >= 0.6 is 0 Å². The zero-order valence-corrected chi connectivity index (χ0v) is 15.6. The van der Waals surface area contributed by atoms with E-state index in [1.54, 1.807) is 19.3 Å². The number of piperidine rings is 1. The third-order valence-electron chi connectivity index (χ3n) is 5.70. The van der Waals surface area contributed by atoms with Gasteiger partial charge in [-0.1, -0.05) is 18.2 Å². The van der Waals surface area contributed by atoms with Crippen LogP contribution in [-0.2, 0) is 4.79 Å². The summed E-state index contributed by atoms with van der Waals surface area (Å²) in [7, 11) is 0. The molecule has 2 aliphatic heterocycles. The smallest absolute Gasteiger partial charge is 0.257 e. The fraction of sp³-hybridized carbons (Fsp3) is 0.429. The number of nitrogens with zero attached hydrogens (tertiary/aromatic N) is 2. The summed E-state index contributed by atoms with van der Waals surface area (Å²) in [5.41, 5.74) is 0.897. The number of anilines is 1. The molecule has 6 nitrogen and oxygen atoms in total. The van der Waals surface area contributed by atoms with Crippen LogP contribution in [0.5, 0.6) is 0 Å². The highest BCUT2D eigenvalue weighted by atomic mass is 16.3. The van der Waals surface area contributed by atoms with Gasteiger partial charge in [0.1, 0.15) is 11.3 Å². The van der Waals surface area contributed by atoms with Crippen molar-refractivity contribution < 1.29 is 14.0 Å². The van der Waals surface area contributed by atoms with Crippen LogP contribution < -0.4 is 5.32 Å². The summed E-state index contributed by atoms with van der Waals surface area (Å²) in [6, 6.07) is 11.6. The Morgan fingerprint density at radius 3 is 2.26 bits per heavy atom. The summed E-state index contributed by atoms with van der Waals surface area (Å²) >= 11 is 0. The second-order valence-electron chi connectivity index (χ2n) is 7.40. The van der Waals surface area contributed by atoms with Crippen molar-refractivity contribution >= 4 is 17.5 Å². The Hall–Kier alpha value is -2.76. The van der Waals surface area contributed by atoms with Gasteiger partial charge in [0.05, 0.1) is 11.8 Å². The van der Waals surface area contributed by atoms with Gasteiger partial charge in [-0.05, 0) is 44.4 Å². The number of amides is 2. The lowest BCUT2D eigenvalue weighted by atomic mass is 9.84. The van der Waals surface area contributed by atoms with Crippen LogP contribution in [0, 0.1) is 6.92 Å². The van der Waals surface area contributed by atoms with Gasteiger partial charge >= 0.3 is 0 Å². The standard InChI is InChI=1S/C21H25N3O3/c1-16-18(8-15-27-16)19(25)23-13-9-21(10-14-23,20(26)24-11-5-12-24)22-17-6-3-2-4-7-17/h2-4,6-8,15,22H,5,9-14H2,1H3. The maximum absolute atomic E-state index is 13.2. The second kappa shape index (κ2) is 7.10. The molecule has 2 amide bonds. The van der Waals surface area contributed by atoms with Gasteiger partial charge in [0, 0.05) is 31.9 Å². The normalized spacial score (nSPS) is 18.7. The highest BCUT2D eigenvalue weighted by Gasteiger charge is 2.45. The maximum atomic E-state index is 13.2. The zero-order valence-electron chi connectivity index (χ0n) is 15.6. The molecule has 27 heavy (non-hydrogen) atoms. The van der Waals surface area contributed by atoms with Crippen LogP contribution in [0.2, 0.25) is 0 Å². The Bertz CT molecular complexity index is 818. The van der Waals surface area contributed by atoms with E-state index in [0.717, 1.165) is 25.2 Å². The Morgan fingerprint density at radius 1 is 1.00 bits per heavy atom. The van der Waals surface area contributed by atoms with Gasteiger partial charge in [-0.15, -0.1) is 0 Å². The van der Waals surface area contributed by atoms with E-state index in [2.05, 4.69) is 5.32 Å². The summed E-state index contributed by atoms with van der Waals surface area (Å²) in [6.45, 7) is 4.54. The first kappa shape index (κ1) is 17.6. The molecular formula is C21H25N3O3. The highest BCUT2D eigenvalue weighted by Crippen LogP contribution is 2.31. The van der Waals surface area contributed by atoms with Crippen molar-refractivity contribution in [1.82, 2.24) is 9.80 Å². The van der Waals surface area contributed by atoms with E-state index < -0.39 is 5.54 Å². The molecule has 3 heterocycles. The molecular weight excluding hydrogens is 342 g/mol. The number of benzene rings is 1. The molecule has 0 spiro atoms. The number of likely N-dealkylation sites (tertiary alicyclic amines) is 2. The lowest BCUT2D eigenvalue weighted by Gasteiger charge is -2.46. The van der Waals surface area contributed by atoms with Crippen molar-refractivity contribution in [2.24, 2.45) is 0 Å². The summed E-state index contributed by atoms with van der Waals surface area (Å²) in [5, 5.41) is 3.50. The number of hydrogen-bond donors (Lipinski definition) is 1. The van der Waals surface area contributed by atoms with Gasteiger partial charge in [0.25, 0.3) is 5.91 Å². The molecule has 4 rings (SSSR count). The topological polar surface area (TPSA) is 65.8 Å². The molecule has 142 valence electrons. The predicted octanol–water partition coefficient (Wildman–Crippen LogP) is 2.91. The summed E-state index contributed by atoms with van der Waals surface area (Å²) in [5.74, 6) is 0.769. The first-order valence-electron chi connectivity index (χ1n) is 9.55. The number of carbonyl (C=O) groups excluding carboxylic acids is 2. The molecule has 2 saturated heterocycles. The quantitative estimate of drug-likeness (QED) is 0.902. The minimum absolute atomic E-state index is 0.0223. The van der Waals surface area contributed by atoms with E-state index in [1.165, 1.54) is 0 Å². The van der Waals surface area contributed by atoms with Crippen LogP contribution in [-0.4, -0.2) is 53.3 Å². The minimum atomic E-state index is -0.649. The van der Waals surface area contributed by atoms with E-state index in [9.17, 15) is 9.59 Å². The molecule has 2 aromatic rings. The predicted molar refractivity (Wildman–Crippen MR) is 103 cm³/mol. The molecule has 6 heteroatoms. The second-order valence-corrected chi connectivity index (χ2v) is 7.40. The van der Waals surface area contributed by atoms with E-state index >= 15 is 0 Å². The van der Waals surface area contributed by atoms with Gasteiger partial charge < -0.3 is 19.5 Å². The Morgan fingerprint density at radius 2 is 1.70 bits per heavy atom. The molecule has 0 radical (unpaired) electrons. The maximum Gasteiger partial charge on any atom is 0.257 e. The largest absolute Gasteiger partial charge is 0.469 e. The number of carbonyl (C=O) groups is 2. The Kier molecular flexibility index (Phi) is 4.64. The van der Waals surface area contributed by atoms with Crippen LogP contribution in [0.25, 0.3) is 0 Å². The van der Waals surface area contributed by atoms with Gasteiger partial charge in [-0.3, -0.25) is 9.59 Å². The molecule has 0 bridgehead atoms. The molecule has 0 saturated carbocycles. The lowest BCUT2D eigenvalue weighted by Crippen LogP contribution is -2.62. The summed E-state index contributed by atoms with van der Waals surface area (Å²) in [6.07, 6.45) is 3.80. The third-order valence-corrected chi connectivity index (χ3v) is 5.70. The van der Waals surface area contributed by atoms with Crippen molar-refractivity contribution in [2.45, 2.75) is 31.7 Å². The minimum Gasteiger partial charge on any atom is -0.469 e. The lowest BCUT2D eigenvalue weighted by molar-refractivity contribution is -0.141. The van der Waals surface area contributed by atoms with Gasteiger partial charge in [0.15, 0.2) is 0 Å². The van der Waals surface area contributed by atoms with E-state index in [-0.39, 0.29) is 11.8 Å². The van der Waals surface area contributed by atoms with E-state index in [4.69, 9.17) is 4.42 Å². The number of rotatable bonds is 4. The number of furan rings is 1. The molecule has 0 aliphatic carbocycles. The average molecular weight is 367 g/mol. The fourth-order valence-corrected chi connectivity index (χ4v) is 3.88. The van der Waals surface area contributed by atoms with Gasteiger partial charge in [-0.25, -0.2) is 0 Å². The molecule has 1 aromatic carbocycles. The number of nitrogens with one attached hydrogen (secondary N) is 1. The molecule has 1 N–H and O–H groups in total. The molecule has 0 atom stereocenters. The highest BCUT2D eigenvalue weighted by molar-refractivity contribution is 5.96. The SMILES string of the molecule is Cc1occc1C(=O)N1CCC(Nc2ccccc2)(C(=O)N2CCC2)CC1. The average Bonchev–Trinajstić information content (AvgIpc) is 3.07. The van der Waals surface area contributed by atoms with Crippen LogP contribution in [0.3, 0.4) is 0 Å². The molecule has 1 aromatic heterocycles. The Balaban J connectivity index is 1.52. The summed E-state index contributed by atoms with van der Waals surface area (Å²) < 4.78 is 5.27. The van der Waals surface area contributed by atoms with Crippen LogP contribution in [0.1, 0.15) is 35.4 Å². The van der Waals surface area contributed by atoms with Crippen molar-refractivity contribution in [3.8, 4) is 0 Å². The van der Waals surface area contributed by atoms with Gasteiger partial charge in [0.2, 0.25) is 5.91 Å². The molecule has 2 fully saturated rings. The van der Waals surface area contributed by atoms with Crippen molar-refractivity contribution in [1.29, 1.82) is 0 Å². The van der Waals surface area contributed by atoms with E-state index in [0.29, 0.717) is 37.3 Å². The van der Waals surface area contributed by atoms with E-state index in [1.807, 2.05) is 40.1 Å². The monoisotopic (exact) mass is 367 g/mol. The first-order chi connectivity index (χ1) is 13.1. The van der Waals surface area contributed by atoms with Crippen molar-refractivity contribution in [3.05, 3.63) is 54.0 Å².